The summed E-state index contributed by atoms with van der Waals surface area (Å²) in [4.78, 5) is 12.0. The van der Waals surface area contributed by atoms with E-state index in [4.69, 9.17) is 5.11 Å². The minimum Gasteiger partial charge on any atom is -0.516 e. The Morgan fingerprint density at radius 1 is 1.46 bits per heavy atom. The van der Waals surface area contributed by atoms with E-state index in [9.17, 15) is 4.79 Å². The van der Waals surface area contributed by atoms with Crippen LogP contribution in [0.25, 0.3) is 0 Å². The third-order valence-corrected chi connectivity index (χ3v) is 3.87. The number of aliphatic hydroxyl groups is 1. The van der Waals surface area contributed by atoms with Gasteiger partial charge in [-0.3, -0.25) is 4.79 Å². The third kappa shape index (κ3) is 0.862. The molecule has 72 valence electrons. The van der Waals surface area contributed by atoms with Crippen LogP contribution in [0, 0.1) is 16.7 Å². The van der Waals surface area contributed by atoms with Crippen LogP contribution in [0.3, 0.4) is 0 Å². The van der Waals surface area contributed by atoms with Gasteiger partial charge in [-0.15, -0.1) is 0 Å². The number of fused-ring (bicyclic) bond motifs is 2. The topological polar surface area (TPSA) is 37.3 Å². The van der Waals surface area contributed by atoms with Gasteiger partial charge in [0.25, 0.3) is 0 Å². The fourth-order valence-electron chi connectivity index (χ4n) is 3.19. The zero-order chi connectivity index (χ0) is 9.85. The van der Waals surface area contributed by atoms with Crippen molar-refractivity contribution in [3.05, 3.63) is 11.8 Å². The number of carbonyl (C=O) groups is 1. The number of allylic oxidation sites excluding steroid dienone is 1. The molecule has 0 amide bonds. The first kappa shape index (κ1) is 8.79. The second kappa shape index (κ2) is 2.17. The smallest absolute Gasteiger partial charge is 0.145 e. The highest BCUT2D eigenvalue weighted by Crippen LogP contribution is 2.61. The molecule has 2 atom stereocenters. The van der Waals surface area contributed by atoms with Gasteiger partial charge in [-0.25, -0.2) is 0 Å². The molecule has 2 heteroatoms. The van der Waals surface area contributed by atoms with Crippen molar-refractivity contribution >= 4 is 5.78 Å². The van der Waals surface area contributed by atoms with Gasteiger partial charge in [-0.2, -0.15) is 0 Å². The van der Waals surface area contributed by atoms with Gasteiger partial charge in [0.1, 0.15) is 5.78 Å². The monoisotopic (exact) mass is 180 g/mol. The second-order valence-corrected chi connectivity index (χ2v) is 5.25. The molecule has 0 aromatic rings. The minimum atomic E-state index is -0.262. The lowest BCUT2D eigenvalue weighted by Gasteiger charge is -2.32. The maximum Gasteiger partial charge on any atom is 0.145 e. The number of rotatable bonds is 0. The van der Waals surface area contributed by atoms with E-state index in [-0.39, 0.29) is 16.7 Å². The predicted molar refractivity (Wildman–Crippen MR) is 50.3 cm³/mol. The first-order chi connectivity index (χ1) is 5.92. The zero-order valence-electron chi connectivity index (χ0n) is 8.42. The number of ketones is 1. The van der Waals surface area contributed by atoms with Crippen LogP contribution in [0.4, 0.5) is 0 Å². The van der Waals surface area contributed by atoms with Crippen LogP contribution >= 0.6 is 0 Å². The first-order valence-corrected chi connectivity index (χ1v) is 4.80. The van der Waals surface area contributed by atoms with Crippen molar-refractivity contribution in [1.29, 1.82) is 0 Å². The Bertz CT molecular complexity index is 294. The lowest BCUT2D eigenvalue weighted by atomic mass is 9.70. The summed E-state index contributed by atoms with van der Waals surface area (Å²) in [7, 11) is 0. The zero-order valence-corrected chi connectivity index (χ0v) is 8.42. The van der Waals surface area contributed by atoms with Crippen molar-refractivity contribution in [1.82, 2.24) is 0 Å². The highest BCUT2D eigenvalue weighted by atomic mass is 16.2. The molecule has 0 aromatic heterocycles. The van der Waals surface area contributed by atoms with Gasteiger partial charge in [0.2, 0.25) is 0 Å². The van der Waals surface area contributed by atoms with E-state index in [1.54, 1.807) is 0 Å². The fourth-order valence-corrected chi connectivity index (χ4v) is 3.19. The SMILES string of the molecule is CC12CC(=CO)C(C1)C(C)(C)C2=O. The molecule has 0 aromatic carbocycles. The molecule has 2 aliphatic rings. The summed E-state index contributed by atoms with van der Waals surface area (Å²) in [5, 5.41) is 9.05. The van der Waals surface area contributed by atoms with Crippen LogP contribution in [-0.4, -0.2) is 10.9 Å². The normalized spacial score (nSPS) is 44.7. The van der Waals surface area contributed by atoms with E-state index in [1.807, 2.05) is 20.8 Å². The highest BCUT2D eigenvalue weighted by Gasteiger charge is 2.61. The van der Waals surface area contributed by atoms with Gasteiger partial charge < -0.3 is 5.11 Å². The Hall–Kier alpha value is -0.790. The molecule has 0 radical (unpaired) electrons. The molecule has 0 saturated heterocycles. The standard InChI is InChI=1S/C11H16O2/c1-10(2)8-5-11(3,9(10)13)4-7(8)6-12/h6,8,12H,4-5H2,1-3H3. The van der Waals surface area contributed by atoms with Crippen LogP contribution in [0.15, 0.2) is 11.8 Å². The quantitative estimate of drug-likeness (QED) is 0.581. The van der Waals surface area contributed by atoms with Crippen LogP contribution in [-0.2, 0) is 4.79 Å². The molecule has 2 aliphatic carbocycles. The summed E-state index contributed by atoms with van der Waals surface area (Å²) in [6.07, 6.45) is 2.89. The summed E-state index contributed by atoms with van der Waals surface area (Å²) < 4.78 is 0. The largest absolute Gasteiger partial charge is 0.516 e. The summed E-state index contributed by atoms with van der Waals surface area (Å²) in [5.74, 6) is 0.644. The molecular weight excluding hydrogens is 164 g/mol. The number of carbonyl (C=O) groups excluding carboxylic acids is 1. The Morgan fingerprint density at radius 2 is 2.08 bits per heavy atom. The summed E-state index contributed by atoms with van der Waals surface area (Å²) in [6.45, 7) is 6.01. The Morgan fingerprint density at radius 3 is 2.46 bits per heavy atom. The van der Waals surface area contributed by atoms with Gasteiger partial charge in [-0.05, 0) is 24.3 Å². The molecular formula is C11H16O2. The third-order valence-electron chi connectivity index (χ3n) is 3.87. The molecule has 1 N–H and O–H groups in total. The van der Waals surface area contributed by atoms with Crippen molar-refractivity contribution in [3.63, 3.8) is 0 Å². The number of hydrogen-bond donors (Lipinski definition) is 1. The highest BCUT2D eigenvalue weighted by molar-refractivity contribution is 5.94. The summed E-state index contributed by atoms with van der Waals surface area (Å²) in [5.41, 5.74) is 0.608. The maximum absolute atomic E-state index is 12.0. The van der Waals surface area contributed by atoms with Gasteiger partial charge >= 0.3 is 0 Å². The van der Waals surface area contributed by atoms with Crippen molar-refractivity contribution < 1.29 is 9.90 Å². The maximum atomic E-state index is 12.0. The van der Waals surface area contributed by atoms with Gasteiger partial charge in [0.15, 0.2) is 0 Å². The van der Waals surface area contributed by atoms with Crippen LogP contribution in [0.1, 0.15) is 33.6 Å². The Balaban J connectivity index is 2.48. The minimum absolute atomic E-state index is 0.192. The van der Waals surface area contributed by atoms with Crippen LogP contribution in [0.5, 0.6) is 0 Å². The first-order valence-electron chi connectivity index (χ1n) is 4.80. The lowest BCUT2D eigenvalue weighted by Crippen LogP contribution is -2.36. The van der Waals surface area contributed by atoms with Gasteiger partial charge in [0, 0.05) is 10.8 Å². The van der Waals surface area contributed by atoms with E-state index >= 15 is 0 Å². The summed E-state index contributed by atoms with van der Waals surface area (Å²) in [6, 6.07) is 0. The molecule has 2 nitrogen and oxygen atoms in total. The van der Waals surface area contributed by atoms with Gasteiger partial charge in [-0.1, -0.05) is 20.8 Å². The van der Waals surface area contributed by atoms with E-state index in [1.165, 1.54) is 6.26 Å². The average molecular weight is 180 g/mol. The molecule has 0 aliphatic heterocycles. The molecule has 2 fully saturated rings. The predicted octanol–water partition coefficient (Wildman–Crippen LogP) is 2.45. The molecule has 13 heavy (non-hydrogen) atoms. The molecule has 0 heterocycles. The van der Waals surface area contributed by atoms with E-state index in [0.717, 1.165) is 18.4 Å². The Kier molecular flexibility index (Phi) is 1.47. The molecule has 2 saturated carbocycles. The van der Waals surface area contributed by atoms with Crippen LogP contribution < -0.4 is 0 Å². The van der Waals surface area contributed by atoms with Crippen molar-refractivity contribution in [2.45, 2.75) is 33.6 Å². The van der Waals surface area contributed by atoms with E-state index in [2.05, 4.69) is 0 Å². The van der Waals surface area contributed by atoms with E-state index < -0.39 is 0 Å². The molecule has 0 spiro atoms. The number of Topliss-reactive ketones (excluding diaryl/α,β-unsaturated/α-hetero) is 1. The molecule has 2 rings (SSSR count). The fraction of sp³-hybridized carbons (Fsp3) is 0.727. The lowest BCUT2D eigenvalue weighted by molar-refractivity contribution is -0.133. The average Bonchev–Trinajstić information content (AvgIpc) is 2.49. The van der Waals surface area contributed by atoms with E-state index in [0.29, 0.717) is 5.78 Å². The van der Waals surface area contributed by atoms with Crippen molar-refractivity contribution in [2.24, 2.45) is 16.7 Å². The Labute approximate surface area is 78.6 Å². The summed E-state index contributed by atoms with van der Waals surface area (Å²) >= 11 is 0. The molecule has 2 bridgehead atoms. The molecule has 2 unspecified atom stereocenters. The number of aliphatic hydroxyl groups excluding tert-OH is 1. The second-order valence-electron chi connectivity index (χ2n) is 5.25. The van der Waals surface area contributed by atoms with Crippen molar-refractivity contribution in [3.8, 4) is 0 Å². The van der Waals surface area contributed by atoms with Crippen molar-refractivity contribution in [2.75, 3.05) is 0 Å². The number of hydrogen-bond acceptors (Lipinski definition) is 2. The van der Waals surface area contributed by atoms with Crippen LogP contribution in [0.2, 0.25) is 0 Å². The van der Waals surface area contributed by atoms with Gasteiger partial charge in [0.05, 0.1) is 6.26 Å².